The standard InChI is InChI=1S/C23H21ClFN3O4/c1-14-4-6-15(7-5-14)20(12-21(29)30)27-23(32)26-19-3-2-10-28(22(19)31)13-16-8-9-17(25)11-18(16)24/h2-11,20H,12-13H2,1H3,(H,29,30)(H2,26,27,32)/t20-/m0/s1. The van der Waals surface area contributed by atoms with Gasteiger partial charge in [0.25, 0.3) is 5.56 Å². The van der Waals surface area contributed by atoms with Gasteiger partial charge in [-0.3, -0.25) is 9.59 Å². The van der Waals surface area contributed by atoms with Crippen LogP contribution in [0, 0.1) is 12.7 Å². The van der Waals surface area contributed by atoms with Crippen LogP contribution in [0.3, 0.4) is 0 Å². The molecule has 0 spiro atoms. The van der Waals surface area contributed by atoms with Crippen LogP contribution in [0.5, 0.6) is 0 Å². The van der Waals surface area contributed by atoms with Crippen molar-refractivity contribution in [3.63, 3.8) is 0 Å². The number of amides is 2. The second-order valence-electron chi connectivity index (χ2n) is 7.25. The Morgan fingerprint density at radius 1 is 1.16 bits per heavy atom. The smallest absolute Gasteiger partial charge is 0.319 e. The van der Waals surface area contributed by atoms with Crippen LogP contribution in [-0.2, 0) is 11.3 Å². The van der Waals surface area contributed by atoms with E-state index in [0.717, 1.165) is 11.6 Å². The molecule has 0 unspecified atom stereocenters. The number of hydrogen-bond donors (Lipinski definition) is 3. The van der Waals surface area contributed by atoms with Gasteiger partial charge in [0.15, 0.2) is 0 Å². The maximum atomic E-state index is 13.3. The molecule has 7 nitrogen and oxygen atoms in total. The van der Waals surface area contributed by atoms with Gasteiger partial charge in [0.2, 0.25) is 0 Å². The number of urea groups is 1. The molecule has 1 heterocycles. The molecule has 0 radical (unpaired) electrons. The number of carboxylic acids is 1. The third-order valence-electron chi connectivity index (χ3n) is 4.79. The van der Waals surface area contributed by atoms with Gasteiger partial charge in [0, 0.05) is 11.2 Å². The van der Waals surface area contributed by atoms with E-state index in [1.54, 1.807) is 18.2 Å². The van der Waals surface area contributed by atoms with Gasteiger partial charge in [-0.1, -0.05) is 47.5 Å². The molecule has 166 valence electrons. The largest absolute Gasteiger partial charge is 0.481 e. The third-order valence-corrected chi connectivity index (χ3v) is 5.14. The molecule has 0 saturated carbocycles. The number of aromatic nitrogens is 1. The molecule has 0 saturated heterocycles. The number of rotatable bonds is 7. The first kappa shape index (κ1) is 23.0. The quantitative estimate of drug-likeness (QED) is 0.491. The molecule has 3 rings (SSSR count). The van der Waals surface area contributed by atoms with Crippen molar-refractivity contribution in [2.45, 2.75) is 25.9 Å². The molecule has 9 heteroatoms. The van der Waals surface area contributed by atoms with Crippen LogP contribution >= 0.6 is 11.6 Å². The number of nitrogens with zero attached hydrogens (tertiary/aromatic N) is 1. The first-order valence-electron chi connectivity index (χ1n) is 9.72. The number of hydrogen-bond acceptors (Lipinski definition) is 3. The van der Waals surface area contributed by atoms with Crippen molar-refractivity contribution in [1.82, 2.24) is 9.88 Å². The van der Waals surface area contributed by atoms with Crippen LogP contribution in [0.1, 0.15) is 29.2 Å². The number of benzene rings is 2. The Morgan fingerprint density at radius 3 is 2.53 bits per heavy atom. The number of halogens is 2. The molecular weight excluding hydrogens is 437 g/mol. The van der Waals surface area contributed by atoms with Crippen molar-refractivity contribution in [1.29, 1.82) is 0 Å². The van der Waals surface area contributed by atoms with Gasteiger partial charge in [-0.15, -0.1) is 0 Å². The second kappa shape index (κ2) is 10.1. The summed E-state index contributed by atoms with van der Waals surface area (Å²) in [6.45, 7) is 1.98. The predicted octanol–water partition coefficient (Wildman–Crippen LogP) is 4.34. The average Bonchev–Trinajstić information content (AvgIpc) is 2.72. The van der Waals surface area contributed by atoms with E-state index in [0.29, 0.717) is 11.1 Å². The summed E-state index contributed by atoms with van der Waals surface area (Å²) in [7, 11) is 0. The van der Waals surface area contributed by atoms with Gasteiger partial charge in [0.1, 0.15) is 11.5 Å². The highest BCUT2D eigenvalue weighted by Crippen LogP contribution is 2.19. The van der Waals surface area contributed by atoms with Crippen molar-refractivity contribution in [3.05, 3.63) is 98.7 Å². The Hall–Kier alpha value is -3.65. The predicted molar refractivity (Wildman–Crippen MR) is 120 cm³/mol. The highest BCUT2D eigenvalue weighted by molar-refractivity contribution is 6.31. The van der Waals surface area contributed by atoms with E-state index < -0.39 is 29.4 Å². The van der Waals surface area contributed by atoms with Crippen molar-refractivity contribution < 1.29 is 19.1 Å². The maximum Gasteiger partial charge on any atom is 0.319 e. The molecule has 0 aliphatic heterocycles. The van der Waals surface area contributed by atoms with Crippen LogP contribution in [0.2, 0.25) is 5.02 Å². The molecule has 0 aliphatic rings. The van der Waals surface area contributed by atoms with E-state index in [-0.39, 0.29) is 23.7 Å². The summed E-state index contributed by atoms with van der Waals surface area (Å²) < 4.78 is 14.6. The van der Waals surface area contributed by atoms with Crippen molar-refractivity contribution in [2.24, 2.45) is 0 Å². The number of carbonyl (C=O) groups is 2. The number of nitrogens with one attached hydrogen (secondary N) is 2. The lowest BCUT2D eigenvalue weighted by Crippen LogP contribution is -2.36. The zero-order valence-electron chi connectivity index (χ0n) is 17.1. The highest BCUT2D eigenvalue weighted by Gasteiger charge is 2.19. The molecule has 1 aromatic heterocycles. The molecular formula is C23H21ClFN3O4. The molecule has 0 fully saturated rings. The Bertz CT molecular complexity index is 1190. The van der Waals surface area contributed by atoms with Gasteiger partial charge in [-0.2, -0.15) is 0 Å². The first-order chi connectivity index (χ1) is 15.2. The summed E-state index contributed by atoms with van der Waals surface area (Å²) in [5.74, 6) is -1.56. The van der Waals surface area contributed by atoms with E-state index in [9.17, 15) is 23.9 Å². The van der Waals surface area contributed by atoms with E-state index in [1.807, 2.05) is 19.1 Å². The van der Waals surface area contributed by atoms with Gasteiger partial charge >= 0.3 is 12.0 Å². The van der Waals surface area contributed by atoms with Crippen LogP contribution in [0.25, 0.3) is 0 Å². The molecule has 0 aliphatic carbocycles. The summed E-state index contributed by atoms with van der Waals surface area (Å²) in [4.78, 5) is 36.6. The molecule has 3 N–H and O–H groups in total. The van der Waals surface area contributed by atoms with Gasteiger partial charge in [-0.05, 0) is 42.3 Å². The maximum absolute atomic E-state index is 13.3. The van der Waals surface area contributed by atoms with Crippen molar-refractivity contribution >= 4 is 29.3 Å². The molecule has 2 aromatic carbocycles. The summed E-state index contributed by atoms with van der Waals surface area (Å²) in [5, 5.41) is 14.5. The number of aliphatic carboxylic acids is 1. The lowest BCUT2D eigenvalue weighted by Gasteiger charge is -2.18. The van der Waals surface area contributed by atoms with Gasteiger partial charge in [-0.25, -0.2) is 9.18 Å². The van der Waals surface area contributed by atoms with E-state index >= 15 is 0 Å². The zero-order chi connectivity index (χ0) is 23.3. The fourth-order valence-corrected chi connectivity index (χ4v) is 3.36. The van der Waals surface area contributed by atoms with Gasteiger partial charge in [0.05, 0.1) is 19.0 Å². The monoisotopic (exact) mass is 457 g/mol. The minimum atomic E-state index is -1.07. The minimum absolute atomic E-state index is 0.00113. The fourth-order valence-electron chi connectivity index (χ4n) is 3.13. The number of carbonyl (C=O) groups excluding carboxylic acids is 1. The van der Waals surface area contributed by atoms with Crippen LogP contribution in [0.15, 0.2) is 65.6 Å². The first-order valence-corrected chi connectivity index (χ1v) is 10.1. The number of aryl methyl sites for hydroxylation is 1. The molecule has 3 aromatic rings. The van der Waals surface area contributed by atoms with Crippen molar-refractivity contribution in [3.8, 4) is 0 Å². The van der Waals surface area contributed by atoms with Crippen molar-refractivity contribution in [2.75, 3.05) is 5.32 Å². The second-order valence-corrected chi connectivity index (χ2v) is 7.66. The van der Waals surface area contributed by atoms with Gasteiger partial charge < -0.3 is 20.3 Å². The SMILES string of the molecule is Cc1ccc([C@H](CC(=O)O)NC(=O)Nc2cccn(Cc3ccc(F)cc3Cl)c2=O)cc1. The minimum Gasteiger partial charge on any atom is -0.481 e. The van der Waals surface area contributed by atoms with E-state index in [2.05, 4.69) is 10.6 Å². The summed E-state index contributed by atoms with van der Waals surface area (Å²) >= 11 is 6.04. The summed E-state index contributed by atoms with van der Waals surface area (Å²) in [6.07, 6.45) is 1.20. The fraction of sp³-hybridized carbons (Fsp3) is 0.174. The Labute approximate surface area is 188 Å². The molecule has 0 bridgehead atoms. The van der Waals surface area contributed by atoms with E-state index in [1.165, 1.54) is 29.0 Å². The van der Waals surface area contributed by atoms with E-state index in [4.69, 9.17) is 11.6 Å². The molecule has 1 atom stereocenters. The Morgan fingerprint density at radius 2 is 1.88 bits per heavy atom. The van der Waals surface area contributed by atoms with Crippen LogP contribution in [-0.4, -0.2) is 21.7 Å². The Balaban J connectivity index is 1.76. The van der Waals surface area contributed by atoms with Crippen LogP contribution < -0.4 is 16.2 Å². The molecule has 32 heavy (non-hydrogen) atoms. The lowest BCUT2D eigenvalue weighted by molar-refractivity contribution is -0.137. The summed E-state index contributed by atoms with van der Waals surface area (Å²) in [6, 6.07) is 12.5. The molecule has 2 amide bonds. The van der Waals surface area contributed by atoms with Crippen LogP contribution in [0.4, 0.5) is 14.9 Å². The number of anilines is 1. The number of pyridine rings is 1. The third kappa shape index (κ3) is 5.95. The summed E-state index contributed by atoms with van der Waals surface area (Å²) in [5.41, 5.74) is 1.68. The highest BCUT2D eigenvalue weighted by atomic mass is 35.5. The average molecular weight is 458 g/mol. The number of carboxylic acid groups (broad SMARTS) is 1. The normalized spacial score (nSPS) is 11.6. The lowest BCUT2D eigenvalue weighted by atomic mass is 10.0. The Kier molecular flexibility index (Phi) is 7.27. The zero-order valence-corrected chi connectivity index (χ0v) is 17.9. The topological polar surface area (TPSA) is 100 Å².